The van der Waals surface area contributed by atoms with Crippen LogP contribution in [-0.2, 0) is 29.1 Å². The van der Waals surface area contributed by atoms with Crippen LogP contribution in [0.1, 0.15) is 93.4 Å². The van der Waals surface area contributed by atoms with E-state index in [0.29, 0.717) is 79.7 Å². The average molecular weight is 957 g/mol. The van der Waals surface area contributed by atoms with Crippen molar-refractivity contribution in [2.75, 3.05) is 13.7 Å². The van der Waals surface area contributed by atoms with Crippen LogP contribution in [0.15, 0.2) is 54.6 Å². The van der Waals surface area contributed by atoms with Crippen LogP contribution in [-0.4, -0.2) is 107 Å². The predicted molar refractivity (Wildman–Crippen MR) is 240 cm³/mol. The summed E-state index contributed by atoms with van der Waals surface area (Å²) >= 11 is 0. The molecular weight excluding hydrogens is 898 g/mol. The Kier molecular flexibility index (Phi) is 13.6. The molecule has 0 radical (unpaired) electrons. The Bertz CT molecular complexity index is 2530. The molecule has 0 spiro atoms. The standard InChI is InChI=1S/C47H59F3N6O10S/c1-26(2)64-31-15-13-29(14-16-31)38-40(52-34-18-17-32(63-8)22-35(34)51-38)65-33-23-36-39(57)54-46(42(59)55-67(61,62)45(7)19-20-45)24-30(46)12-10-9-11-27(3)21-28(4)37(41(58)56(36)25-33)53-43(60)66-44(5,6)47(48,49)50/h10,12-18,22,26-28,30,33,36-37H,9,11,19-21,23-25H2,1-8H3,(H,53,60)(H,54,57)(H,55,59)/b12-10-/t27-,28-,30-,33-,36+,37+,46-/m1/s1. The van der Waals surface area contributed by atoms with Gasteiger partial charge in [-0.2, -0.15) is 13.2 Å². The molecule has 20 heteroatoms. The number of hydrogen-bond acceptors (Lipinski definition) is 12. The zero-order chi connectivity index (χ0) is 48.9. The second-order valence-corrected chi connectivity index (χ2v) is 21.6. The van der Waals surface area contributed by atoms with Crippen LogP contribution in [0.5, 0.6) is 17.4 Å². The lowest BCUT2D eigenvalue weighted by atomic mass is 9.88. The van der Waals surface area contributed by atoms with Crippen LogP contribution in [0.2, 0.25) is 0 Å². The number of allylic oxidation sites excluding steroid dienone is 1. The second-order valence-electron chi connectivity index (χ2n) is 19.4. The molecule has 7 atom stereocenters. The van der Waals surface area contributed by atoms with Gasteiger partial charge in [0.25, 0.3) is 5.91 Å². The fourth-order valence-corrected chi connectivity index (χ4v) is 9.89. The Morgan fingerprint density at radius 3 is 2.31 bits per heavy atom. The summed E-state index contributed by atoms with van der Waals surface area (Å²) in [5.41, 5.74) is -2.79. The predicted octanol–water partition coefficient (Wildman–Crippen LogP) is 6.76. The van der Waals surface area contributed by atoms with Gasteiger partial charge in [-0.15, -0.1) is 0 Å². The van der Waals surface area contributed by atoms with Crippen molar-refractivity contribution in [3.63, 3.8) is 0 Å². The highest BCUT2D eigenvalue weighted by molar-refractivity contribution is 7.91. The fourth-order valence-electron chi connectivity index (χ4n) is 8.58. The van der Waals surface area contributed by atoms with E-state index in [0.717, 1.165) is 0 Å². The third-order valence-corrected chi connectivity index (χ3v) is 15.3. The Hall–Kier alpha value is -5.66. The van der Waals surface area contributed by atoms with E-state index < -0.39 is 85.9 Å². The van der Waals surface area contributed by atoms with Crippen LogP contribution < -0.4 is 29.6 Å². The zero-order valence-corrected chi connectivity index (χ0v) is 39.7. The van der Waals surface area contributed by atoms with Crippen molar-refractivity contribution in [1.29, 1.82) is 0 Å². The lowest BCUT2D eigenvalue weighted by Gasteiger charge is -2.34. The molecule has 3 heterocycles. The maximum Gasteiger partial charge on any atom is 0.427 e. The van der Waals surface area contributed by atoms with Crippen molar-refractivity contribution in [2.45, 2.75) is 140 Å². The van der Waals surface area contributed by atoms with Crippen LogP contribution in [0.25, 0.3) is 22.3 Å². The summed E-state index contributed by atoms with van der Waals surface area (Å²) < 4.78 is 92.2. The van der Waals surface area contributed by atoms with Crippen LogP contribution in [0, 0.1) is 17.8 Å². The number of ether oxygens (including phenoxy) is 4. The molecule has 4 amide bonds. The van der Waals surface area contributed by atoms with Crippen LogP contribution >= 0.6 is 0 Å². The minimum absolute atomic E-state index is 0.0487. The van der Waals surface area contributed by atoms with E-state index in [1.165, 1.54) is 18.9 Å². The molecule has 2 aliphatic carbocycles. The summed E-state index contributed by atoms with van der Waals surface area (Å²) in [5, 5.41) is 5.22. The lowest BCUT2D eigenvalue weighted by Crippen LogP contribution is -2.59. The quantitative estimate of drug-likeness (QED) is 0.171. The molecule has 0 unspecified atom stereocenters. The van der Waals surface area contributed by atoms with Crippen molar-refractivity contribution < 1.29 is 59.7 Å². The third-order valence-electron chi connectivity index (χ3n) is 13.2. The van der Waals surface area contributed by atoms with Gasteiger partial charge >= 0.3 is 12.3 Å². The highest BCUT2D eigenvalue weighted by atomic mass is 32.2. The SMILES string of the molecule is COc1ccc2nc(O[C@@H]3C[C@H]4C(=O)N[C@]5(C(=O)NS(=O)(=O)C6(C)CC6)C[C@H]5/C=C\CC[C@@H](C)C[C@@H](C)[C@H](NC(=O)OC(C)(C)C(F)(F)F)C(=O)N4C3)c(-c3ccc(OC(C)C)cc3)nc2c1. The Balaban J connectivity index is 1.27. The summed E-state index contributed by atoms with van der Waals surface area (Å²) in [4.78, 5) is 68.1. The van der Waals surface area contributed by atoms with E-state index >= 15 is 4.79 Å². The Morgan fingerprint density at radius 1 is 0.985 bits per heavy atom. The fraction of sp³-hybridized carbons (Fsp3) is 0.574. The Morgan fingerprint density at radius 2 is 1.67 bits per heavy atom. The molecule has 2 aromatic carbocycles. The van der Waals surface area contributed by atoms with Crippen LogP contribution in [0.3, 0.4) is 0 Å². The summed E-state index contributed by atoms with van der Waals surface area (Å²) in [6, 6.07) is 9.33. The molecule has 364 valence electrons. The van der Waals surface area contributed by atoms with Gasteiger partial charge in [-0.1, -0.05) is 26.0 Å². The van der Waals surface area contributed by atoms with E-state index in [-0.39, 0.29) is 37.3 Å². The maximum atomic E-state index is 15.0. The van der Waals surface area contributed by atoms with Crippen molar-refractivity contribution in [3.05, 3.63) is 54.6 Å². The number of halogens is 3. The number of rotatable bonds is 11. The largest absolute Gasteiger partial charge is 0.497 e. The number of methoxy groups -OCH3 is 1. The summed E-state index contributed by atoms with van der Waals surface area (Å²) in [5.74, 6) is -2.67. The lowest BCUT2D eigenvalue weighted by molar-refractivity contribution is -0.244. The van der Waals surface area contributed by atoms with E-state index in [9.17, 15) is 36.0 Å². The Labute approximate surface area is 388 Å². The highest BCUT2D eigenvalue weighted by Crippen LogP contribution is 2.48. The number of alkyl carbamates (subject to hydrolysis) is 1. The number of sulfonamides is 1. The first-order valence-corrected chi connectivity index (χ1v) is 24.1. The number of amides is 4. The first-order chi connectivity index (χ1) is 31.3. The minimum Gasteiger partial charge on any atom is -0.497 e. The molecule has 1 aromatic heterocycles. The number of benzene rings is 2. The number of carbonyl (C=O) groups excluding carboxylic acids is 4. The van der Waals surface area contributed by atoms with Crippen molar-refractivity contribution in [3.8, 4) is 28.6 Å². The number of nitrogens with zero attached hydrogens (tertiary/aromatic N) is 3. The van der Waals surface area contributed by atoms with Crippen LogP contribution in [0.4, 0.5) is 18.0 Å². The van der Waals surface area contributed by atoms with Gasteiger partial charge in [0.2, 0.25) is 33.3 Å². The smallest absolute Gasteiger partial charge is 0.427 e. The average Bonchev–Trinajstić information content (AvgIpc) is 4.13. The topological polar surface area (TPSA) is 204 Å². The minimum atomic E-state index is -4.94. The molecule has 3 N–H and O–H groups in total. The molecule has 2 aliphatic heterocycles. The monoisotopic (exact) mass is 956 g/mol. The molecule has 3 aromatic rings. The van der Waals surface area contributed by atoms with Gasteiger partial charge in [-0.3, -0.25) is 19.1 Å². The molecule has 1 saturated heterocycles. The molecule has 7 rings (SSSR count). The first-order valence-electron chi connectivity index (χ1n) is 22.6. The van der Waals surface area contributed by atoms with Gasteiger partial charge in [0.1, 0.15) is 40.9 Å². The summed E-state index contributed by atoms with van der Waals surface area (Å²) in [6.07, 6.45) is -1.78. The molecule has 3 fully saturated rings. The third kappa shape index (κ3) is 10.6. The number of alkyl halides is 3. The van der Waals surface area contributed by atoms with E-state index in [1.54, 1.807) is 55.5 Å². The number of carbonyl (C=O) groups is 4. The zero-order valence-electron chi connectivity index (χ0n) is 38.9. The van der Waals surface area contributed by atoms with Crippen molar-refractivity contribution >= 4 is 44.9 Å². The highest BCUT2D eigenvalue weighted by Gasteiger charge is 2.63. The molecular formula is C47H59F3N6O10S. The van der Waals surface area contributed by atoms with Gasteiger partial charge < -0.3 is 34.5 Å². The number of aromatic nitrogens is 2. The van der Waals surface area contributed by atoms with Crippen molar-refractivity contribution in [1.82, 2.24) is 30.2 Å². The number of hydrogen-bond donors (Lipinski definition) is 3. The molecule has 0 bridgehead atoms. The van der Waals surface area contributed by atoms with Gasteiger partial charge in [0, 0.05) is 24.0 Å². The second kappa shape index (κ2) is 18.4. The number of nitrogens with one attached hydrogen (secondary N) is 3. The normalized spacial score (nSPS) is 27.1. The van der Waals surface area contributed by atoms with Gasteiger partial charge in [0.05, 0.1) is 35.5 Å². The molecule has 4 aliphatic rings. The van der Waals surface area contributed by atoms with Gasteiger partial charge in [-0.05, 0) is 121 Å². The molecule has 2 saturated carbocycles. The first kappa shape index (κ1) is 49.3. The maximum absolute atomic E-state index is 15.0. The van der Waals surface area contributed by atoms with E-state index in [4.69, 9.17) is 28.9 Å². The van der Waals surface area contributed by atoms with Gasteiger partial charge in [-0.25, -0.2) is 23.2 Å². The van der Waals surface area contributed by atoms with Gasteiger partial charge in [0.15, 0.2) is 0 Å². The molecule has 67 heavy (non-hydrogen) atoms. The summed E-state index contributed by atoms with van der Waals surface area (Å²) in [7, 11) is -2.60. The summed E-state index contributed by atoms with van der Waals surface area (Å²) in [6.45, 7) is 10.0. The van der Waals surface area contributed by atoms with E-state index in [1.807, 2.05) is 26.8 Å². The number of fused-ring (bicyclic) bond motifs is 3. The van der Waals surface area contributed by atoms with E-state index in [2.05, 4.69) is 15.4 Å². The van der Waals surface area contributed by atoms with Crippen molar-refractivity contribution in [2.24, 2.45) is 17.8 Å². The molecule has 16 nitrogen and oxygen atoms in total.